The number of carbonyl (C=O) groups is 4. The summed E-state index contributed by atoms with van der Waals surface area (Å²) in [7, 11) is 0. The Morgan fingerprint density at radius 1 is 0.908 bits per heavy atom. The van der Waals surface area contributed by atoms with E-state index in [-0.39, 0.29) is 24.1 Å². The molecule has 2 unspecified atom stereocenters. The van der Waals surface area contributed by atoms with Gasteiger partial charge in [0.2, 0.25) is 11.8 Å². The van der Waals surface area contributed by atoms with Crippen molar-refractivity contribution in [1.82, 2.24) is 20.4 Å². The normalized spacial score (nSPS) is 13.7. The maximum atomic E-state index is 12.6. The second-order valence-corrected chi connectivity index (χ2v) is 20.5. The van der Waals surface area contributed by atoms with Crippen molar-refractivity contribution in [2.45, 2.75) is 138 Å². The van der Waals surface area contributed by atoms with Crippen LogP contribution in [0.15, 0.2) is 107 Å². The molecule has 0 radical (unpaired) electrons. The molecule has 3 amide bonds. The van der Waals surface area contributed by atoms with Gasteiger partial charge >= 0.3 is 0 Å². The number of fused-ring (bicyclic) bond motifs is 1. The lowest BCUT2D eigenvalue weighted by molar-refractivity contribution is -0.130. The van der Waals surface area contributed by atoms with Crippen molar-refractivity contribution in [1.29, 1.82) is 0 Å². The molecule has 4 heterocycles. The van der Waals surface area contributed by atoms with Crippen LogP contribution in [-0.4, -0.2) is 83.0 Å². The van der Waals surface area contributed by atoms with Gasteiger partial charge in [-0.3, -0.25) is 14.4 Å². The standard InChI is InChI=1S/C35H44N4O6.C15H19NS.C6H6ClN.C3H8.C2H4O/c1-25(40)39-18-8-9-29-21-28(14-15-32(29)39)26-10-12-27(13-11-26)35(43)36-17-6-4-2-3-5-7-20-44-33-22-31(45-37-33)23-34(42)38-19-16-30(41)24-38;1-4-11(2)9-13-5-7-14(8-6-13)15-12(3)16-10-17-15;7-5-1-3-6(8)4-2-5;1-3-2;1-2-3/h10-15,21-22,30,41H,2-9,16-20,23-24H2,1H3,(H,36,43);5-8,10-11H,4,9H2,1-3H3;1-4H,8H2;3H2,1-2H3;2H,1H3. The molecule has 410 valence electrons. The maximum Gasteiger partial charge on any atom is 0.254 e. The van der Waals surface area contributed by atoms with E-state index in [1.165, 1.54) is 47.8 Å². The van der Waals surface area contributed by atoms with Gasteiger partial charge in [0.15, 0.2) is 0 Å². The molecule has 2 aliphatic rings. The zero-order valence-corrected chi connectivity index (χ0v) is 47.4. The Morgan fingerprint density at radius 2 is 1.55 bits per heavy atom. The summed E-state index contributed by atoms with van der Waals surface area (Å²) >= 11 is 7.27. The van der Waals surface area contributed by atoms with Crippen LogP contribution in [0.1, 0.15) is 139 Å². The smallest absolute Gasteiger partial charge is 0.254 e. The molecule has 8 rings (SSSR count). The van der Waals surface area contributed by atoms with Crippen molar-refractivity contribution in [3.63, 3.8) is 0 Å². The van der Waals surface area contributed by atoms with Crippen molar-refractivity contribution in [2.24, 2.45) is 5.92 Å². The molecule has 2 aliphatic heterocycles. The van der Waals surface area contributed by atoms with E-state index in [4.69, 9.17) is 31.4 Å². The Balaban J connectivity index is 0.000000325. The molecule has 76 heavy (non-hydrogen) atoms. The Hall–Kier alpha value is -6.35. The average Bonchev–Trinajstić information content (AvgIpc) is 4.19. The van der Waals surface area contributed by atoms with Gasteiger partial charge in [-0.1, -0.05) is 120 Å². The first-order valence-electron chi connectivity index (χ1n) is 26.9. The molecule has 0 saturated carbocycles. The second kappa shape index (κ2) is 34.3. The summed E-state index contributed by atoms with van der Waals surface area (Å²) in [5, 5.41) is 17.2. The molecule has 6 aromatic rings. The number of nitrogen functional groups attached to an aromatic ring is 1. The van der Waals surface area contributed by atoms with Gasteiger partial charge in [-0.2, -0.15) is 0 Å². The fraction of sp³-hybridized carbons (Fsp3) is 0.443. The number of nitrogens with two attached hydrogens (primary N) is 1. The van der Waals surface area contributed by atoms with Crippen molar-refractivity contribution in [3.8, 4) is 27.4 Å². The summed E-state index contributed by atoms with van der Waals surface area (Å²) in [4.78, 5) is 54.7. The third-order valence-corrected chi connectivity index (χ3v) is 13.9. The van der Waals surface area contributed by atoms with Crippen LogP contribution in [0.3, 0.4) is 0 Å². The molecule has 15 heteroatoms. The van der Waals surface area contributed by atoms with E-state index >= 15 is 0 Å². The van der Waals surface area contributed by atoms with E-state index in [1.807, 2.05) is 46.8 Å². The number of hydrogen-bond donors (Lipinski definition) is 3. The molecule has 4 N–H and O–H groups in total. The van der Waals surface area contributed by atoms with Crippen LogP contribution in [0.5, 0.6) is 5.88 Å². The number of aliphatic hydroxyl groups is 1. The topological polar surface area (TPSA) is 181 Å². The van der Waals surface area contributed by atoms with E-state index in [2.05, 4.69) is 80.4 Å². The van der Waals surface area contributed by atoms with Gasteiger partial charge in [0, 0.05) is 61.1 Å². The SMILES string of the molecule is CC(=O)N1CCCc2cc(-c3ccc(C(=O)NCCCCCCCCOc4cc(CC(=O)N5CCC(O)C5)on4)cc3)ccc21.CC=O.CCC.CCC(C)Cc1ccc(-c2scnc2C)cc1.Nc1ccc(Cl)cc1. The number of rotatable bonds is 18. The van der Waals surface area contributed by atoms with Crippen LogP contribution in [0.4, 0.5) is 11.4 Å². The summed E-state index contributed by atoms with van der Waals surface area (Å²) in [6.45, 7) is 16.8. The molecule has 0 spiro atoms. The predicted octanol–water partition coefficient (Wildman–Crippen LogP) is 13.2. The van der Waals surface area contributed by atoms with Gasteiger partial charge in [-0.05, 0) is 140 Å². The zero-order valence-electron chi connectivity index (χ0n) is 45.8. The summed E-state index contributed by atoms with van der Waals surface area (Å²) in [5.74, 6) is 1.57. The number of β-amino-alcohol motifs (C(OH)–C–C–N with tert-alkyl or cyclic N) is 1. The number of nitrogens with one attached hydrogen (secondary N) is 1. The number of aromatic nitrogens is 2. The summed E-state index contributed by atoms with van der Waals surface area (Å²) in [5.41, 5.74) is 16.9. The van der Waals surface area contributed by atoms with Crippen molar-refractivity contribution in [2.75, 3.05) is 43.4 Å². The third-order valence-electron chi connectivity index (χ3n) is 12.7. The monoisotopic (exact) mass is 1080 g/mol. The molecule has 2 atom stereocenters. The van der Waals surface area contributed by atoms with Crippen LogP contribution in [0, 0.1) is 12.8 Å². The number of thiazole rings is 1. The highest BCUT2D eigenvalue weighted by molar-refractivity contribution is 7.13. The van der Waals surface area contributed by atoms with E-state index in [0.29, 0.717) is 49.9 Å². The first-order chi connectivity index (χ1) is 36.7. The number of aldehydes is 1. The number of aliphatic hydroxyl groups excluding tert-OH is 1. The first kappa shape index (κ1) is 62.2. The molecule has 4 aromatic carbocycles. The number of nitrogens with zero attached hydrogens (tertiary/aromatic N) is 4. The quantitative estimate of drug-likeness (QED) is 0.0426. The van der Waals surface area contributed by atoms with E-state index in [0.717, 1.165) is 103 Å². The fourth-order valence-corrected chi connectivity index (χ4v) is 9.33. The lowest BCUT2D eigenvalue weighted by Gasteiger charge is -2.29. The number of hydrogen-bond acceptors (Lipinski definition) is 11. The van der Waals surface area contributed by atoms with Gasteiger partial charge in [0.25, 0.3) is 11.8 Å². The first-order valence-corrected chi connectivity index (χ1v) is 28.2. The number of carbonyl (C=O) groups excluding carboxylic acids is 4. The number of unbranched alkanes of at least 4 members (excludes halogenated alkanes) is 5. The number of likely N-dealkylation sites (tertiary alicyclic amines) is 1. The number of ether oxygens (including phenoxy) is 1. The predicted molar refractivity (Wildman–Crippen MR) is 310 cm³/mol. The van der Waals surface area contributed by atoms with Gasteiger partial charge in [0.05, 0.1) is 35.2 Å². The van der Waals surface area contributed by atoms with Gasteiger partial charge < -0.3 is 40.0 Å². The fourth-order valence-electron chi connectivity index (χ4n) is 8.39. The van der Waals surface area contributed by atoms with Gasteiger partial charge in [-0.15, -0.1) is 11.3 Å². The third kappa shape index (κ3) is 21.7. The molecule has 13 nitrogen and oxygen atoms in total. The molecular formula is C61H81ClN6O7S. The number of benzene rings is 4. The summed E-state index contributed by atoms with van der Waals surface area (Å²) in [6.07, 6.45) is 12.8. The van der Waals surface area contributed by atoms with Crippen LogP contribution < -0.4 is 20.7 Å². The highest BCUT2D eigenvalue weighted by atomic mass is 35.5. The molecule has 0 bridgehead atoms. The Kier molecular flexibility index (Phi) is 28.1. The lowest BCUT2D eigenvalue weighted by Crippen LogP contribution is -2.33. The van der Waals surface area contributed by atoms with Gasteiger partial charge in [0.1, 0.15) is 12.0 Å². The highest BCUT2D eigenvalue weighted by Gasteiger charge is 2.26. The Labute approximate surface area is 460 Å². The van der Waals surface area contributed by atoms with E-state index in [1.54, 1.807) is 53.5 Å². The maximum absolute atomic E-state index is 12.6. The number of aryl methyl sites for hydroxylation is 2. The lowest BCUT2D eigenvalue weighted by atomic mass is 9.95. The second-order valence-electron chi connectivity index (χ2n) is 19.2. The minimum Gasteiger partial charge on any atom is -0.476 e. The minimum absolute atomic E-state index is 0.0588. The van der Waals surface area contributed by atoms with Gasteiger partial charge in [-0.25, -0.2) is 4.98 Å². The molecule has 1 saturated heterocycles. The van der Waals surface area contributed by atoms with Crippen LogP contribution in [-0.2, 0) is 33.6 Å². The molecule has 0 aliphatic carbocycles. The van der Waals surface area contributed by atoms with Crippen molar-refractivity contribution < 1.29 is 33.5 Å². The largest absolute Gasteiger partial charge is 0.476 e. The number of amides is 3. The molecule has 2 aromatic heterocycles. The van der Waals surface area contributed by atoms with E-state index < -0.39 is 6.10 Å². The number of anilines is 2. The Bertz CT molecular complexity index is 2620. The van der Waals surface area contributed by atoms with Crippen LogP contribution in [0.2, 0.25) is 5.02 Å². The number of halogens is 1. The van der Waals surface area contributed by atoms with E-state index in [9.17, 15) is 19.5 Å². The molecular weight excluding hydrogens is 996 g/mol. The highest BCUT2D eigenvalue weighted by Crippen LogP contribution is 2.32. The molecule has 1 fully saturated rings. The van der Waals surface area contributed by atoms with Crippen molar-refractivity contribution in [3.05, 3.63) is 136 Å². The minimum atomic E-state index is -0.436. The van der Waals surface area contributed by atoms with Crippen molar-refractivity contribution >= 4 is 58.3 Å². The summed E-state index contributed by atoms with van der Waals surface area (Å²) in [6, 6.07) is 31.6. The van der Waals surface area contributed by atoms with Crippen LogP contribution >= 0.6 is 22.9 Å². The van der Waals surface area contributed by atoms with Crippen LogP contribution in [0.25, 0.3) is 21.6 Å². The zero-order chi connectivity index (χ0) is 55.2. The summed E-state index contributed by atoms with van der Waals surface area (Å²) < 4.78 is 10.9. The average molecular weight is 1080 g/mol. The Morgan fingerprint density at radius 3 is 2.16 bits per heavy atom.